The topological polar surface area (TPSA) is 123 Å². The first-order valence-corrected chi connectivity index (χ1v) is 8.09. The van der Waals surface area contributed by atoms with Gasteiger partial charge in [-0.3, -0.25) is 33.2 Å². The SMILES string of the molecule is CN1CN(c2nc3c(c(=O)n(C)c(=O)n3C)n2C)c2[nH]c(=O)n(C)c(=O)c21. The van der Waals surface area contributed by atoms with Crippen molar-refractivity contribution in [3.8, 4) is 0 Å². The first kappa shape index (κ1) is 16.9. The van der Waals surface area contributed by atoms with Crippen LogP contribution < -0.4 is 32.3 Å². The molecule has 1 aliphatic heterocycles. The molecule has 0 radical (unpaired) electrons. The molecule has 4 heterocycles. The number of aromatic nitrogens is 6. The Morgan fingerprint density at radius 2 is 1.52 bits per heavy atom. The second kappa shape index (κ2) is 5.22. The van der Waals surface area contributed by atoms with Gasteiger partial charge >= 0.3 is 11.4 Å². The molecule has 0 amide bonds. The number of fused-ring (bicyclic) bond motifs is 2. The third-order valence-electron chi connectivity index (χ3n) is 4.96. The molecular formula is C15H18N8O4. The Bertz CT molecular complexity index is 1350. The van der Waals surface area contributed by atoms with Gasteiger partial charge in [0, 0.05) is 35.2 Å². The fraction of sp³-hybridized carbons (Fsp3) is 0.400. The molecule has 0 bridgehead atoms. The minimum absolute atomic E-state index is 0.225. The number of imidazole rings is 1. The van der Waals surface area contributed by atoms with Crippen LogP contribution in [0.25, 0.3) is 11.2 Å². The molecule has 0 aromatic carbocycles. The Balaban J connectivity index is 2.06. The van der Waals surface area contributed by atoms with Gasteiger partial charge in [-0.15, -0.1) is 0 Å². The molecule has 3 aromatic heterocycles. The predicted octanol–water partition coefficient (Wildman–Crippen LogP) is -2.10. The van der Waals surface area contributed by atoms with Crippen LogP contribution in [0.3, 0.4) is 0 Å². The second-order valence-corrected chi connectivity index (χ2v) is 6.61. The van der Waals surface area contributed by atoms with Gasteiger partial charge in [-0.2, -0.15) is 4.98 Å². The average molecular weight is 374 g/mol. The maximum Gasteiger partial charge on any atom is 0.332 e. The average Bonchev–Trinajstić information content (AvgIpc) is 3.13. The number of hydrogen-bond donors (Lipinski definition) is 1. The molecule has 0 saturated heterocycles. The number of aromatic amines is 1. The van der Waals surface area contributed by atoms with E-state index in [1.165, 1.54) is 25.7 Å². The minimum atomic E-state index is -0.555. The monoisotopic (exact) mass is 374 g/mol. The molecule has 0 unspecified atom stereocenters. The van der Waals surface area contributed by atoms with Gasteiger partial charge in [-0.25, -0.2) is 9.59 Å². The van der Waals surface area contributed by atoms with E-state index in [0.29, 0.717) is 17.5 Å². The summed E-state index contributed by atoms with van der Waals surface area (Å²) in [5.41, 5.74) is -1.15. The highest BCUT2D eigenvalue weighted by Gasteiger charge is 2.33. The van der Waals surface area contributed by atoms with Crippen LogP contribution in [0.5, 0.6) is 0 Å². The van der Waals surface area contributed by atoms with Gasteiger partial charge in [0.15, 0.2) is 11.2 Å². The zero-order valence-electron chi connectivity index (χ0n) is 15.5. The van der Waals surface area contributed by atoms with Gasteiger partial charge in [0.1, 0.15) is 11.5 Å². The number of anilines is 3. The zero-order valence-corrected chi connectivity index (χ0v) is 15.5. The van der Waals surface area contributed by atoms with E-state index in [9.17, 15) is 19.2 Å². The standard InChI is InChI=1S/C15H18N8O4/c1-18-6-23(10-7(18)11(24)21(4)14(26)17-10)13-16-9-8(19(13)2)12(25)22(5)15(27)20(9)3/h6H2,1-5H3,(H,17,26). The van der Waals surface area contributed by atoms with Gasteiger partial charge in [0.2, 0.25) is 5.95 Å². The summed E-state index contributed by atoms with van der Waals surface area (Å²) in [5, 5.41) is 0. The van der Waals surface area contributed by atoms with Crippen molar-refractivity contribution >= 4 is 28.6 Å². The molecule has 0 spiro atoms. The van der Waals surface area contributed by atoms with Crippen molar-refractivity contribution in [1.82, 2.24) is 28.2 Å². The largest absolute Gasteiger partial charge is 0.349 e. The van der Waals surface area contributed by atoms with E-state index >= 15 is 0 Å². The zero-order chi connectivity index (χ0) is 19.8. The van der Waals surface area contributed by atoms with Gasteiger partial charge in [-0.05, 0) is 0 Å². The molecule has 12 nitrogen and oxygen atoms in total. The fourth-order valence-electron chi connectivity index (χ4n) is 3.40. The number of aryl methyl sites for hydroxylation is 2. The van der Waals surface area contributed by atoms with E-state index < -0.39 is 22.5 Å². The van der Waals surface area contributed by atoms with Crippen molar-refractivity contribution in [2.45, 2.75) is 0 Å². The molecule has 1 N–H and O–H groups in total. The van der Waals surface area contributed by atoms with Crippen molar-refractivity contribution in [1.29, 1.82) is 0 Å². The fourth-order valence-corrected chi connectivity index (χ4v) is 3.40. The van der Waals surface area contributed by atoms with Crippen molar-refractivity contribution in [2.24, 2.45) is 28.2 Å². The molecule has 142 valence electrons. The third kappa shape index (κ3) is 2.00. The minimum Gasteiger partial charge on any atom is -0.349 e. The third-order valence-corrected chi connectivity index (χ3v) is 4.96. The molecule has 3 aromatic rings. The summed E-state index contributed by atoms with van der Waals surface area (Å²) in [5.74, 6) is 0.628. The van der Waals surface area contributed by atoms with E-state index in [2.05, 4.69) is 9.97 Å². The summed E-state index contributed by atoms with van der Waals surface area (Å²) in [4.78, 5) is 59.7. The summed E-state index contributed by atoms with van der Waals surface area (Å²) in [6, 6.07) is 0. The van der Waals surface area contributed by atoms with E-state index in [-0.39, 0.29) is 17.8 Å². The van der Waals surface area contributed by atoms with Crippen LogP contribution in [0.4, 0.5) is 17.5 Å². The molecule has 27 heavy (non-hydrogen) atoms. The molecule has 0 aliphatic carbocycles. The Hall–Kier alpha value is -3.57. The molecule has 1 aliphatic rings. The lowest BCUT2D eigenvalue weighted by Gasteiger charge is -2.17. The second-order valence-electron chi connectivity index (χ2n) is 6.61. The van der Waals surface area contributed by atoms with Crippen molar-refractivity contribution in [2.75, 3.05) is 23.5 Å². The maximum atomic E-state index is 12.6. The van der Waals surface area contributed by atoms with Gasteiger partial charge < -0.3 is 9.47 Å². The number of nitrogens with zero attached hydrogens (tertiary/aromatic N) is 7. The first-order chi connectivity index (χ1) is 12.6. The summed E-state index contributed by atoms with van der Waals surface area (Å²) in [7, 11) is 7.69. The summed E-state index contributed by atoms with van der Waals surface area (Å²) in [6.07, 6.45) is 0. The maximum absolute atomic E-state index is 12.6. The number of rotatable bonds is 1. The Kier molecular flexibility index (Phi) is 3.26. The van der Waals surface area contributed by atoms with Crippen molar-refractivity contribution < 1.29 is 0 Å². The van der Waals surface area contributed by atoms with E-state index in [0.717, 1.165) is 9.13 Å². The molecular weight excluding hydrogens is 356 g/mol. The predicted molar refractivity (Wildman–Crippen MR) is 98.9 cm³/mol. The molecule has 0 saturated carbocycles. The van der Waals surface area contributed by atoms with E-state index in [1.807, 2.05) is 0 Å². The van der Waals surface area contributed by atoms with Crippen LogP contribution in [0, 0.1) is 0 Å². The highest BCUT2D eigenvalue weighted by molar-refractivity contribution is 5.81. The normalized spacial score (nSPS) is 13.7. The summed E-state index contributed by atoms with van der Waals surface area (Å²) < 4.78 is 4.84. The lowest BCUT2D eigenvalue weighted by molar-refractivity contribution is 0.705. The Morgan fingerprint density at radius 3 is 2.19 bits per heavy atom. The van der Waals surface area contributed by atoms with Crippen LogP contribution in [0.2, 0.25) is 0 Å². The highest BCUT2D eigenvalue weighted by atomic mass is 16.2. The molecule has 12 heteroatoms. The van der Waals surface area contributed by atoms with Crippen LogP contribution in [-0.2, 0) is 28.2 Å². The van der Waals surface area contributed by atoms with E-state index in [1.54, 1.807) is 28.5 Å². The molecule has 0 atom stereocenters. The first-order valence-electron chi connectivity index (χ1n) is 8.09. The van der Waals surface area contributed by atoms with Gasteiger partial charge in [0.25, 0.3) is 11.1 Å². The molecule has 0 fully saturated rings. The van der Waals surface area contributed by atoms with Crippen LogP contribution in [0.1, 0.15) is 0 Å². The van der Waals surface area contributed by atoms with Crippen LogP contribution in [-0.4, -0.2) is 42.0 Å². The number of hydrogen-bond acceptors (Lipinski definition) is 7. The van der Waals surface area contributed by atoms with Crippen LogP contribution in [0.15, 0.2) is 19.2 Å². The van der Waals surface area contributed by atoms with Crippen molar-refractivity contribution in [3.63, 3.8) is 0 Å². The van der Waals surface area contributed by atoms with Gasteiger partial charge in [-0.1, -0.05) is 0 Å². The van der Waals surface area contributed by atoms with E-state index in [4.69, 9.17) is 0 Å². The molecule has 4 rings (SSSR count). The van der Waals surface area contributed by atoms with Crippen LogP contribution >= 0.6 is 0 Å². The lowest BCUT2D eigenvalue weighted by atomic mass is 10.4. The number of H-pyrrole nitrogens is 1. The lowest BCUT2D eigenvalue weighted by Crippen LogP contribution is -2.37. The smallest absolute Gasteiger partial charge is 0.332 e. The highest BCUT2D eigenvalue weighted by Crippen LogP contribution is 2.34. The summed E-state index contributed by atoms with van der Waals surface area (Å²) >= 11 is 0. The Labute approximate surface area is 151 Å². The summed E-state index contributed by atoms with van der Waals surface area (Å²) in [6.45, 7) is 0.246. The van der Waals surface area contributed by atoms with Gasteiger partial charge in [0.05, 0.1) is 6.67 Å². The van der Waals surface area contributed by atoms with Crippen molar-refractivity contribution in [3.05, 3.63) is 41.7 Å². The quantitative estimate of drug-likeness (QED) is 0.518. The number of nitrogens with one attached hydrogen (secondary N) is 1. The Morgan fingerprint density at radius 1 is 0.852 bits per heavy atom.